The molecule has 6 heterocycles. The van der Waals surface area contributed by atoms with Gasteiger partial charge in [-0.2, -0.15) is 10.4 Å². The van der Waals surface area contributed by atoms with Gasteiger partial charge in [-0.15, -0.1) is 6.42 Å². The van der Waals surface area contributed by atoms with E-state index in [0.29, 0.717) is 17.9 Å². The molecule has 6 rings (SSSR count). The first kappa shape index (κ1) is 19.0. The third-order valence-electron chi connectivity index (χ3n) is 5.95. The molecule has 8 nitrogen and oxygen atoms in total. The van der Waals surface area contributed by atoms with Gasteiger partial charge in [0.05, 0.1) is 42.2 Å². The second-order valence-corrected chi connectivity index (χ2v) is 7.70. The molecule has 3 fully saturated rings. The van der Waals surface area contributed by atoms with Crippen molar-refractivity contribution >= 4 is 17.2 Å². The maximum atomic E-state index is 11.9. The summed E-state index contributed by atoms with van der Waals surface area (Å²) in [6.07, 6.45) is 11.4. The summed E-state index contributed by atoms with van der Waals surface area (Å²) < 4.78 is 7.34. The van der Waals surface area contributed by atoms with Gasteiger partial charge in [0.25, 0.3) is 5.91 Å². The highest BCUT2D eigenvalue weighted by atomic mass is 16.5. The number of hydrogen-bond acceptors (Lipinski definition) is 6. The molecule has 31 heavy (non-hydrogen) atoms. The number of nitriles is 1. The summed E-state index contributed by atoms with van der Waals surface area (Å²) >= 11 is 0. The minimum Gasteiger partial charge on any atom is -0.492 e. The van der Waals surface area contributed by atoms with Gasteiger partial charge >= 0.3 is 0 Å². The van der Waals surface area contributed by atoms with Crippen molar-refractivity contribution in [3.05, 3.63) is 42.4 Å². The number of carbonyl (C=O) groups excluding carboxylic acids is 1. The normalized spacial score (nSPS) is 19.5. The molecule has 2 unspecified atom stereocenters. The van der Waals surface area contributed by atoms with Crippen LogP contribution in [0.4, 0.5) is 5.82 Å². The third kappa shape index (κ3) is 3.04. The molecule has 0 radical (unpaired) electrons. The topological polar surface area (TPSA) is 86.8 Å². The van der Waals surface area contributed by atoms with Crippen LogP contribution in [-0.4, -0.2) is 57.2 Å². The average molecular weight is 412 g/mol. The Kier molecular flexibility index (Phi) is 4.48. The van der Waals surface area contributed by atoms with E-state index in [1.165, 1.54) is 0 Å². The summed E-state index contributed by atoms with van der Waals surface area (Å²) in [5, 5.41) is 13.8. The fourth-order valence-electron chi connectivity index (χ4n) is 4.58. The predicted molar refractivity (Wildman–Crippen MR) is 114 cm³/mol. The highest BCUT2D eigenvalue weighted by Gasteiger charge is 2.47. The zero-order valence-corrected chi connectivity index (χ0v) is 17.0. The first-order valence-electron chi connectivity index (χ1n) is 10.2. The molecule has 3 aliphatic heterocycles. The number of amides is 1. The minimum atomic E-state index is -0.225. The van der Waals surface area contributed by atoms with Crippen LogP contribution in [-0.2, 0) is 4.79 Å². The number of hydrogen-bond donors (Lipinski definition) is 0. The van der Waals surface area contributed by atoms with Gasteiger partial charge in [0, 0.05) is 30.4 Å². The number of rotatable bonds is 4. The molecule has 0 aliphatic carbocycles. The molecule has 154 valence electrons. The van der Waals surface area contributed by atoms with Crippen molar-refractivity contribution in [1.29, 1.82) is 5.26 Å². The molecule has 3 aromatic rings. The van der Waals surface area contributed by atoms with E-state index in [2.05, 4.69) is 27.0 Å². The summed E-state index contributed by atoms with van der Waals surface area (Å²) in [4.78, 5) is 20.6. The van der Waals surface area contributed by atoms with Gasteiger partial charge in [0.2, 0.25) is 0 Å². The van der Waals surface area contributed by atoms with Gasteiger partial charge in [-0.05, 0) is 37.5 Å². The summed E-state index contributed by atoms with van der Waals surface area (Å²) in [6.45, 7) is 3.90. The van der Waals surface area contributed by atoms with Crippen molar-refractivity contribution < 1.29 is 9.53 Å². The number of piperazine rings is 1. The van der Waals surface area contributed by atoms with Crippen molar-refractivity contribution in [3.8, 4) is 35.3 Å². The van der Waals surface area contributed by atoms with E-state index in [-0.39, 0.29) is 18.0 Å². The van der Waals surface area contributed by atoms with Crippen LogP contribution in [0.5, 0.6) is 5.75 Å². The zero-order valence-electron chi connectivity index (χ0n) is 17.0. The molecule has 0 N–H and O–H groups in total. The van der Waals surface area contributed by atoms with Crippen molar-refractivity contribution in [2.24, 2.45) is 0 Å². The SMILES string of the molecule is C#CC(=O)N1C2CC1CN(c1ccc(-c3cc(OCC)cn4ncc(C#N)c34)cn1)C2. The molecule has 3 saturated heterocycles. The van der Waals surface area contributed by atoms with Crippen molar-refractivity contribution in [1.82, 2.24) is 19.5 Å². The Morgan fingerprint density at radius 3 is 2.77 bits per heavy atom. The quantitative estimate of drug-likeness (QED) is 0.610. The maximum Gasteiger partial charge on any atom is 0.298 e. The number of fused-ring (bicyclic) bond motifs is 3. The lowest BCUT2D eigenvalue weighted by molar-refractivity contribution is -0.139. The number of pyridine rings is 2. The number of piperidine rings is 1. The van der Waals surface area contributed by atoms with E-state index in [1.807, 2.05) is 30.0 Å². The lowest BCUT2D eigenvalue weighted by atomic mass is 9.87. The Labute approximate surface area is 179 Å². The van der Waals surface area contributed by atoms with Crippen molar-refractivity contribution in [2.75, 3.05) is 24.6 Å². The molecule has 0 spiro atoms. The highest BCUT2D eigenvalue weighted by molar-refractivity contribution is 5.94. The van der Waals surface area contributed by atoms with E-state index in [1.54, 1.807) is 23.1 Å². The lowest BCUT2D eigenvalue weighted by Gasteiger charge is -2.55. The standard InChI is InChI=1S/C23H20N6O2/c1-3-22(30)29-17-7-18(29)13-27(12-17)21-6-5-15(10-25-21)20-8-19(31-4-2)14-28-23(20)16(9-24)11-26-28/h1,5-6,8,10-11,14,17-18H,4,7,12-13H2,2H3. The molecule has 2 bridgehead atoms. The van der Waals surface area contributed by atoms with E-state index in [0.717, 1.165) is 42.0 Å². The molecular weight excluding hydrogens is 392 g/mol. The molecular formula is C23H20N6O2. The summed E-state index contributed by atoms with van der Waals surface area (Å²) in [5.74, 6) is 3.53. The van der Waals surface area contributed by atoms with Gasteiger partial charge in [-0.3, -0.25) is 4.79 Å². The van der Waals surface area contributed by atoms with Gasteiger partial charge in [0.15, 0.2) is 0 Å². The fraction of sp³-hybridized carbons (Fsp3) is 0.304. The summed E-state index contributed by atoms with van der Waals surface area (Å²) in [7, 11) is 0. The smallest absolute Gasteiger partial charge is 0.298 e. The number of ether oxygens (including phenoxy) is 1. The van der Waals surface area contributed by atoms with Crippen molar-refractivity contribution in [2.45, 2.75) is 25.4 Å². The molecule has 3 aliphatic rings. The molecule has 0 aromatic carbocycles. The minimum absolute atomic E-state index is 0.149. The van der Waals surface area contributed by atoms with E-state index >= 15 is 0 Å². The van der Waals surface area contributed by atoms with Gasteiger partial charge < -0.3 is 14.5 Å². The molecule has 8 heteroatoms. The van der Waals surface area contributed by atoms with Crippen LogP contribution in [0.2, 0.25) is 0 Å². The monoisotopic (exact) mass is 412 g/mol. The molecule has 2 atom stereocenters. The second-order valence-electron chi connectivity index (χ2n) is 7.70. The van der Waals surface area contributed by atoms with E-state index in [9.17, 15) is 10.1 Å². The Hall–Kier alpha value is -4.04. The molecule has 1 amide bonds. The largest absolute Gasteiger partial charge is 0.492 e. The van der Waals surface area contributed by atoms with Crippen molar-refractivity contribution in [3.63, 3.8) is 0 Å². The Morgan fingerprint density at radius 1 is 1.32 bits per heavy atom. The number of carbonyl (C=O) groups is 1. The number of aromatic nitrogens is 3. The van der Waals surface area contributed by atoms with Crippen LogP contribution in [0.15, 0.2) is 36.8 Å². The van der Waals surface area contributed by atoms with Crippen LogP contribution in [0.25, 0.3) is 16.6 Å². The lowest BCUT2D eigenvalue weighted by Crippen LogP contribution is -2.70. The Balaban J connectivity index is 1.44. The number of anilines is 1. The second kappa shape index (κ2) is 7.33. The first-order chi connectivity index (χ1) is 15.1. The number of terminal acetylenes is 1. The maximum absolute atomic E-state index is 11.9. The third-order valence-corrected chi connectivity index (χ3v) is 5.95. The van der Waals surface area contributed by atoms with Crippen LogP contribution in [0.1, 0.15) is 18.9 Å². The van der Waals surface area contributed by atoms with E-state index in [4.69, 9.17) is 11.2 Å². The summed E-state index contributed by atoms with van der Waals surface area (Å²) in [5.41, 5.74) is 2.93. The van der Waals surface area contributed by atoms with Gasteiger partial charge in [0.1, 0.15) is 17.6 Å². The van der Waals surface area contributed by atoms with Crippen LogP contribution in [0, 0.1) is 23.7 Å². The van der Waals surface area contributed by atoms with Crippen LogP contribution in [0.3, 0.4) is 0 Å². The molecule has 3 aromatic heterocycles. The predicted octanol–water partition coefficient (Wildman–Crippen LogP) is 2.09. The summed E-state index contributed by atoms with van der Waals surface area (Å²) in [6, 6.07) is 8.38. The van der Waals surface area contributed by atoms with Gasteiger partial charge in [-0.1, -0.05) is 0 Å². The Bertz CT molecular complexity index is 1240. The zero-order chi connectivity index (χ0) is 21.5. The Morgan fingerprint density at radius 2 is 2.13 bits per heavy atom. The fourth-order valence-corrected chi connectivity index (χ4v) is 4.58. The van der Waals surface area contributed by atoms with E-state index < -0.39 is 0 Å². The van der Waals surface area contributed by atoms with Crippen LogP contribution < -0.4 is 9.64 Å². The van der Waals surface area contributed by atoms with Crippen LogP contribution >= 0.6 is 0 Å². The molecule has 0 saturated carbocycles. The highest BCUT2D eigenvalue weighted by Crippen LogP contribution is 2.35. The van der Waals surface area contributed by atoms with Gasteiger partial charge in [-0.25, -0.2) is 9.50 Å². The first-order valence-corrected chi connectivity index (χ1v) is 10.2. The average Bonchev–Trinajstić information content (AvgIpc) is 3.22. The number of nitrogens with zero attached hydrogens (tertiary/aromatic N) is 6.